The number of aromatic amines is 1. The molecule has 192 valence electrons. The second kappa shape index (κ2) is 10.6. The van der Waals surface area contributed by atoms with E-state index >= 15 is 0 Å². The molecular formula is C31H20Br2ClN3O2. The van der Waals surface area contributed by atoms with Crippen LogP contribution in [0.1, 0.15) is 33.9 Å². The minimum Gasteiger partial charge on any atom is -0.321 e. The number of hydrogen-bond donors (Lipinski definition) is 1. The number of hydrogen-bond acceptors (Lipinski definition) is 3. The van der Waals surface area contributed by atoms with Gasteiger partial charge in [0.05, 0.1) is 27.9 Å². The van der Waals surface area contributed by atoms with Gasteiger partial charge in [-0.2, -0.15) is 5.10 Å². The van der Waals surface area contributed by atoms with E-state index in [1.54, 1.807) is 24.3 Å². The van der Waals surface area contributed by atoms with Gasteiger partial charge in [-0.05, 0) is 53.6 Å². The van der Waals surface area contributed by atoms with Crippen LogP contribution in [0.3, 0.4) is 0 Å². The highest BCUT2D eigenvalue weighted by atomic mass is 79.9. The number of carbonyl (C=O) groups excluding carboxylic acids is 1. The van der Waals surface area contributed by atoms with E-state index in [0.29, 0.717) is 28.3 Å². The molecule has 0 radical (unpaired) electrons. The van der Waals surface area contributed by atoms with Crippen molar-refractivity contribution in [1.82, 2.24) is 9.99 Å². The number of benzene rings is 4. The summed E-state index contributed by atoms with van der Waals surface area (Å²) in [6.45, 7) is 0. The molecule has 0 saturated carbocycles. The van der Waals surface area contributed by atoms with Gasteiger partial charge in [-0.25, -0.2) is 5.01 Å². The molecule has 2 heterocycles. The van der Waals surface area contributed by atoms with Gasteiger partial charge in [-0.1, -0.05) is 98.1 Å². The lowest BCUT2D eigenvalue weighted by Crippen LogP contribution is -2.27. The molecule has 1 atom stereocenters. The first kappa shape index (κ1) is 25.7. The second-order valence-corrected chi connectivity index (χ2v) is 11.4. The monoisotopic (exact) mass is 659 g/mol. The molecule has 1 amide bonds. The molecule has 8 heteroatoms. The van der Waals surface area contributed by atoms with Crippen LogP contribution < -0.4 is 5.56 Å². The smallest absolute Gasteiger partial charge is 0.276 e. The zero-order chi connectivity index (χ0) is 27.1. The van der Waals surface area contributed by atoms with Crippen LogP contribution in [-0.4, -0.2) is 21.6 Å². The van der Waals surface area contributed by atoms with Gasteiger partial charge < -0.3 is 4.98 Å². The number of halogens is 3. The van der Waals surface area contributed by atoms with E-state index in [0.717, 1.165) is 36.5 Å². The summed E-state index contributed by atoms with van der Waals surface area (Å²) in [5.41, 5.74) is 4.36. The third-order valence-corrected chi connectivity index (χ3v) is 8.16. The highest BCUT2D eigenvalue weighted by Crippen LogP contribution is 2.38. The molecule has 0 saturated heterocycles. The van der Waals surface area contributed by atoms with Crippen molar-refractivity contribution in [2.75, 3.05) is 0 Å². The van der Waals surface area contributed by atoms with E-state index in [4.69, 9.17) is 16.7 Å². The number of nitrogens with one attached hydrogen (secondary N) is 1. The van der Waals surface area contributed by atoms with E-state index < -0.39 is 6.04 Å². The number of amides is 1. The summed E-state index contributed by atoms with van der Waals surface area (Å²) in [4.78, 5) is 30.6. The zero-order valence-electron chi connectivity index (χ0n) is 20.4. The first-order valence-corrected chi connectivity index (χ1v) is 14.2. The lowest BCUT2D eigenvalue weighted by molar-refractivity contribution is 0.0711. The van der Waals surface area contributed by atoms with Crippen LogP contribution in [-0.2, 0) is 0 Å². The lowest BCUT2D eigenvalue weighted by atomic mass is 9.91. The molecule has 0 bridgehead atoms. The SMILES string of the molecule is O=C(c1ccccc1Cl)N1N=C(c2c(-c3ccccc3)c3cc(Br)ccc3[nH]c2=O)C[C@H]1c1ccc(Br)cc1. The third kappa shape index (κ3) is 4.86. The van der Waals surface area contributed by atoms with Crippen molar-refractivity contribution in [3.8, 4) is 11.1 Å². The Morgan fingerprint density at radius 2 is 1.56 bits per heavy atom. The van der Waals surface area contributed by atoms with Crippen LogP contribution in [0.5, 0.6) is 0 Å². The third-order valence-electron chi connectivity index (χ3n) is 6.80. The molecule has 1 aliphatic rings. The summed E-state index contributed by atoms with van der Waals surface area (Å²) >= 11 is 13.5. The standard InChI is InChI=1S/C31H20Br2ClN3O2/c32-20-12-10-18(11-13-20)27-17-26(36-37(27)31(39)22-8-4-5-9-24(22)34)29-28(19-6-2-1-3-7-19)23-16-21(33)14-15-25(23)35-30(29)38/h1-16,27H,17H2,(H,35,38)/t27-/m0/s1. The van der Waals surface area contributed by atoms with Crippen LogP contribution in [0.15, 0.2) is 116 Å². The predicted octanol–water partition coefficient (Wildman–Crippen LogP) is 8.37. The maximum absolute atomic E-state index is 13.8. The molecule has 0 spiro atoms. The van der Waals surface area contributed by atoms with Crippen molar-refractivity contribution in [2.24, 2.45) is 5.10 Å². The van der Waals surface area contributed by atoms with Gasteiger partial charge in [-0.15, -0.1) is 0 Å². The van der Waals surface area contributed by atoms with Crippen LogP contribution in [0.2, 0.25) is 5.02 Å². The van der Waals surface area contributed by atoms with Crippen LogP contribution in [0.25, 0.3) is 22.0 Å². The number of nitrogens with zero attached hydrogens (tertiary/aromatic N) is 2. The van der Waals surface area contributed by atoms with Crippen molar-refractivity contribution in [2.45, 2.75) is 12.5 Å². The first-order chi connectivity index (χ1) is 18.9. The summed E-state index contributed by atoms with van der Waals surface area (Å²) in [7, 11) is 0. The van der Waals surface area contributed by atoms with Crippen LogP contribution in [0, 0.1) is 0 Å². The van der Waals surface area contributed by atoms with Gasteiger partial charge in [-0.3, -0.25) is 9.59 Å². The molecule has 0 aliphatic carbocycles. The van der Waals surface area contributed by atoms with E-state index in [2.05, 4.69) is 36.8 Å². The summed E-state index contributed by atoms with van der Waals surface area (Å²) in [6.07, 6.45) is 0.361. The number of hydrazone groups is 1. The number of pyridine rings is 1. The molecule has 6 rings (SSSR count). The number of rotatable bonds is 4. The van der Waals surface area contributed by atoms with Crippen molar-refractivity contribution in [1.29, 1.82) is 0 Å². The van der Waals surface area contributed by atoms with Crippen LogP contribution >= 0.6 is 43.5 Å². The average Bonchev–Trinajstić information content (AvgIpc) is 3.38. The van der Waals surface area contributed by atoms with Gasteiger partial charge in [0.2, 0.25) is 0 Å². The molecular weight excluding hydrogens is 642 g/mol. The Labute approximate surface area is 246 Å². The fourth-order valence-electron chi connectivity index (χ4n) is 5.00. The largest absolute Gasteiger partial charge is 0.321 e. The van der Waals surface area contributed by atoms with Gasteiger partial charge in [0, 0.05) is 31.8 Å². The number of aromatic nitrogens is 1. The summed E-state index contributed by atoms with van der Waals surface area (Å²) in [6, 6.07) is 29.8. The number of fused-ring (bicyclic) bond motifs is 1. The molecule has 0 fully saturated rings. The topological polar surface area (TPSA) is 65.5 Å². The average molecular weight is 662 g/mol. The fraction of sp³-hybridized carbons (Fsp3) is 0.0645. The first-order valence-electron chi connectivity index (χ1n) is 12.2. The van der Waals surface area contributed by atoms with Crippen LogP contribution in [0.4, 0.5) is 0 Å². The highest BCUT2D eigenvalue weighted by molar-refractivity contribution is 9.10. The number of H-pyrrole nitrogens is 1. The van der Waals surface area contributed by atoms with Crippen molar-refractivity contribution < 1.29 is 4.79 Å². The van der Waals surface area contributed by atoms with E-state index in [-0.39, 0.29) is 11.5 Å². The van der Waals surface area contributed by atoms with E-state index in [9.17, 15) is 9.59 Å². The maximum atomic E-state index is 13.8. The minimum atomic E-state index is -0.418. The van der Waals surface area contributed by atoms with Crippen molar-refractivity contribution in [3.63, 3.8) is 0 Å². The van der Waals surface area contributed by atoms with Gasteiger partial charge in [0.1, 0.15) is 0 Å². The van der Waals surface area contributed by atoms with Crippen molar-refractivity contribution >= 4 is 66.0 Å². The highest BCUT2D eigenvalue weighted by Gasteiger charge is 2.36. The zero-order valence-corrected chi connectivity index (χ0v) is 24.3. The molecule has 1 aromatic heterocycles. The van der Waals surface area contributed by atoms with Crippen molar-refractivity contribution in [3.05, 3.63) is 138 Å². The normalized spacial score (nSPS) is 15.0. The summed E-state index contributed by atoms with van der Waals surface area (Å²) in [5.74, 6) is -0.329. The Balaban J connectivity index is 1.58. The molecule has 0 unspecified atom stereocenters. The Bertz CT molecular complexity index is 1820. The predicted molar refractivity (Wildman–Crippen MR) is 163 cm³/mol. The fourth-order valence-corrected chi connectivity index (χ4v) is 5.84. The lowest BCUT2D eigenvalue weighted by Gasteiger charge is -2.22. The number of carbonyl (C=O) groups is 1. The summed E-state index contributed by atoms with van der Waals surface area (Å²) < 4.78 is 1.82. The van der Waals surface area contributed by atoms with Gasteiger partial charge in [0.15, 0.2) is 0 Å². The Hall–Kier alpha value is -3.52. The molecule has 1 aliphatic heterocycles. The second-order valence-electron chi connectivity index (χ2n) is 9.21. The maximum Gasteiger partial charge on any atom is 0.276 e. The molecule has 39 heavy (non-hydrogen) atoms. The van der Waals surface area contributed by atoms with Gasteiger partial charge in [0.25, 0.3) is 11.5 Å². The Kier molecular flexibility index (Phi) is 6.97. The molecule has 5 nitrogen and oxygen atoms in total. The van der Waals surface area contributed by atoms with E-state index in [1.807, 2.05) is 72.8 Å². The summed E-state index contributed by atoms with van der Waals surface area (Å²) in [5, 5.41) is 7.51. The van der Waals surface area contributed by atoms with E-state index in [1.165, 1.54) is 5.01 Å². The Morgan fingerprint density at radius 1 is 0.872 bits per heavy atom. The molecule has 1 N–H and O–H groups in total. The molecule has 4 aromatic carbocycles. The Morgan fingerprint density at radius 3 is 2.31 bits per heavy atom. The quantitative estimate of drug-likeness (QED) is 0.210. The minimum absolute atomic E-state index is 0.260. The molecule has 5 aromatic rings. The van der Waals surface area contributed by atoms with Gasteiger partial charge >= 0.3 is 0 Å².